The van der Waals surface area contributed by atoms with Crippen molar-refractivity contribution in [2.45, 2.75) is 39.4 Å². The Morgan fingerprint density at radius 3 is 2.23 bits per heavy atom. The van der Waals surface area contributed by atoms with Gasteiger partial charge in [-0.15, -0.1) is 0 Å². The molecule has 0 bridgehead atoms. The van der Waals surface area contributed by atoms with E-state index in [1.54, 1.807) is 9.80 Å². The van der Waals surface area contributed by atoms with Crippen LogP contribution >= 0.6 is 0 Å². The monoisotopic (exact) mass is 415 g/mol. The van der Waals surface area contributed by atoms with Gasteiger partial charge in [0.2, 0.25) is 5.91 Å². The summed E-state index contributed by atoms with van der Waals surface area (Å²) in [5.74, 6) is -0.0373. The van der Waals surface area contributed by atoms with Crippen LogP contribution in [0.1, 0.15) is 32.8 Å². The van der Waals surface area contributed by atoms with Crippen molar-refractivity contribution in [3.05, 3.63) is 35.9 Å². The molecule has 1 atom stereocenters. The Morgan fingerprint density at radius 2 is 1.67 bits per heavy atom. The summed E-state index contributed by atoms with van der Waals surface area (Å²) in [6.45, 7) is 7.76. The summed E-state index contributed by atoms with van der Waals surface area (Å²) < 4.78 is 11.0. The van der Waals surface area contributed by atoms with Gasteiger partial charge in [-0.05, 0) is 32.8 Å². The van der Waals surface area contributed by atoms with Crippen LogP contribution in [0.5, 0.6) is 0 Å². The van der Waals surface area contributed by atoms with Gasteiger partial charge in [-0.1, -0.05) is 30.3 Å². The lowest BCUT2D eigenvalue weighted by molar-refractivity contribution is -0.140. The van der Waals surface area contributed by atoms with Crippen LogP contribution in [-0.4, -0.2) is 66.2 Å². The van der Waals surface area contributed by atoms with Gasteiger partial charge in [-0.3, -0.25) is 4.79 Å². The van der Waals surface area contributed by atoms with Crippen LogP contribution in [0, 0.1) is 10.8 Å². The van der Waals surface area contributed by atoms with Crippen molar-refractivity contribution in [3.63, 3.8) is 0 Å². The third-order valence-electron chi connectivity index (χ3n) is 6.34. The minimum absolute atomic E-state index is 0.0373. The largest absolute Gasteiger partial charge is 0.445 e. The van der Waals surface area contributed by atoms with E-state index in [2.05, 4.69) is 5.32 Å². The van der Waals surface area contributed by atoms with E-state index in [0.717, 1.165) is 5.56 Å². The quantitative estimate of drug-likeness (QED) is 0.801. The third kappa shape index (κ3) is 3.48. The van der Waals surface area contributed by atoms with E-state index in [1.807, 2.05) is 51.1 Å². The molecule has 0 unspecified atom stereocenters. The van der Waals surface area contributed by atoms with Gasteiger partial charge in [0.1, 0.15) is 12.2 Å². The third-order valence-corrected chi connectivity index (χ3v) is 6.34. The van der Waals surface area contributed by atoms with Crippen molar-refractivity contribution in [2.24, 2.45) is 10.8 Å². The van der Waals surface area contributed by atoms with Crippen LogP contribution in [0.3, 0.4) is 0 Å². The second kappa shape index (κ2) is 7.18. The van der Waals surface area contributed by atoms with E-state index in [4.69, 9.17) is 9.47 Å². The second-order valence-electron chi connectivity index (χ2n) is 9.60. The van der Waals surface area contributed by atoms with E-state index in [9.17, 15) is 14.4 Å². The predicted octanol–water partition coefficient (Wildman–Crippen LogP) is 2.38. The molecule has 2 spiro atoms. The fourth-order valence-corrected chi connectivity index (χ4v) is 4.88. The second-order valence-corrected chi connectivity index (χ2v) is 9.60. The SMILES string of the molecule is CC(C)(C)OC(=O)N1CC2(CN(C(=O)OCc3ccccc3)C[C@@]23CCNC3=O)C1. The molecule has 0 saturated carbocycles. The number of hydrogen-bond acceptors (Lipinski definition) is 5. The lowest BCUT2D eigenvalue weighted by Gasteiger charge is -2.53. The predicted molar refractivity (Wildman–Crippen MR) is 108 cm³/mol. The molecule has 0 aliphatic carbocycles. The summed E-state index contributed by atoms with van der Waals surface area (Å²) in [6, 6.07) is 9.49. The van der Waals surface area contributed by atoms with Crippen LogP contribution in [0.25, 0.3) is 0 Å². The minimum atomic E-state index is -0.683. The Balaban J connectivity index is 1.45. The first-order chi connectivity index (χ1) is 14.1. The molecule has 3 saturated heterocycles. The molecule has 1 aromatic rings. The first-order valence-electron chi connectivity index (χ1n) is 10.4. The van der Waals surface area contributed by atoms with Crippen LogP contribution in [-0.2, 0) is 20.9 Å². The van der Waals surface area contributed by atoms with Crippen molar-refractivity contribution in [1.29, 1.82) is 0 Å². The number of rotatable bonds is 2. The number of ether oxygens (including phenoxy) is 2. The number of benzene rings is 1. The molecular formula is C22H29N3O5. The highest BCUT2D eigenvalue weighted by Crippen LogP contribution is 2.56. The average Bonchev–Trinajstić information content (AvgIpc) is 3.20. The lowest BCUT2D eigenvalue weighted by atomic mass is 9.60. The molecule has 3 aliphatic heterocycles. The minimum Gasteiger partial charge on any atom is -0.445 e. The Morgan fingerprint density at radius 1 is 1.03 bits per heavy atom. The Labute approximate surface area is 176 Å². The Hall–Kier alpha value is -2.77. The number of carbonyl (C=O) groups is 3. The molecule has 0 radical (unpaired) electrons. The van der Waals surface area contributed by atoms with Gasteiger partial charge < -0.3 is 24.6 Å². The highest BCUT2D eigenvalue weighted by molar-refractivity contribution is 5.88. The topological polar surface area (TPSA) is 88.2 Å². The highest BCUT2D eigenvalue weighted by atomic mass is 16.6. The van der Waals surface area contributed by atoms with Gasteiger partial charge in [0.25, 0.3) is 0 Å². The zero-order valence-electron chi connectivity index (χ0n) is 17.8. The van der Waals surface area contributed by atoms with Gasteiger partial charge in [0.15, 0.2) is 0 Å². The molecule has 3 aliphatic rings. The molecule has 3 amide bonds. The smallest absolute Gasteiger partial charge is 0.410 e. The van der Waals surface area contributed by atoms with Gasteiger partial charge in [0, 0.05) is 38.1 Å². The van der Waals surface area contributed by atoms with E-state index in [-0.39, 0.29) is 18.6 Å². The number of fused-ring (bicyclic) bond motifs is 1. The van der Waals surface area contributed by atoms with Crippen molar-refractivity contribution >= 4 is 18.1 Å². The fourth-order valence-electron chi connectivity index (χ4n) is 4.88. The van der Waals surface area contributed by atoms with E-state index in [0.29, 0.717) is 39.1 Å². The van der Waals surface area contributed by atoms with E-state index in [1.165, 1.54) is 0 Å². The summed E-state index contributed by atoms with van der Waals surface area (Å²) in [4.78, 5) is 41.3. The highest BCUT2D eigenvalue weighted by Gasteiger charge is 2.69. The van der Waals surface area contributed by atoms with Crippen LogP contribution in [0.15, 0.2) is 30.3 Å². The molecule has 3 fully saturated rings. The van der Waals surface area contributed by atoms with Crippen LogP contribution < -0.4 is 5.32 Å². The summed E-state index contributed by atoms with van der Waals surface area (Å²) in [6.07, 6.45) is -0.159. The van der Waals surface area contributed by atoms with Crippen molar-refractivity contribution in [3.8, 4) is 0 Å². The van der Waals surface area contributed by atoms with Gasteiger partial charge in [-0.2, -0.15) is 0 Å². The summed E-state index contributed by atoms with van der Waals surface area (Å²) in [5, 5.41) is 2.92. The number of nitrogens with zero attached hydrogens (tertiary/aromatic N) is 2. The number of likely N-dealkylation sites (tertiary alicyclic amines) is 2. The Kier molecular flexibility index (Phi) is 4.91. The summed E-state index contributed by atoms with van der Waals surface area (Å²) in [7, 11) is 0. The lowest BCUT2D eigenvalue weighted by Crippen LogP contribution is -2.67. The molecule has 0 aromatic heterocycles. The number of nitrogens with one attached hydrogen (secondary N) is 1. The zero-order chi connectivity index (χ0) is 21.6. The fraction of sp³-hybridized carbons (Fsp3) is 0.591. The first-order valence-corrected chi connectivity index (χ1v) is 10.4. The maximum absolute atomic E-state index is 12.8. The summed E-state index contributed by atoms with van der Waals surface area (Å²) in [5.41, 5.74) is -0.813. The summed E-state index contributed by atoms with van der Waals surface area (Å²) >= 11 is 0. The molecule has 8 heteroatoms. The molecule has 1 N–H and O–H groups in total. The van der Waals surface area contributed by atoms with E-state index < -0.39 is 22.5 Å². The molecule has 8 nitrogen and oxygen atoms in total. The molecule has 3 heterocycles. The number of amides is 3. The van der Waals surface area contributed by atoms with Crippen molar-refractivity contribution in [1.82, 2.24) is 15.1 Å². The van der Waals surface area contributed by atoms with Gasteiger partial charge in [0.05, 0.1) is 5.41 Å². The molecule has 4 rings (SSSR count). The normalized spacial score (nSPS) is 24.7. The Bertz CT molecular complexity index is 844. The zero-order valence-corrected chi connectivity index (χ0v) is 17.8. The molecule has 162 valence electrons. The molecular weight excluding hydrogens is 386 g/mol. The van der Waals surface area contributed by atoms with Crippen molar-refractivity contribution in [2.75, 3.05) is 32.7 Å². The van der Waals surface area contributed by atoms with Crippen molar-refractivity contribution < 1.29 is 23.9 Å². The van der Waals surface area contributed by atoms with Crippen LogP contribution in [0.4, 0.5) is 9.59 Å². The number of carbonyl (C=O) groups excluding carboxylic acids is 3. The molecule has 30 heavy (non-hydrogen) atoms. The van der Waals surface area contributed by atoms with E-state index >= 15 is 0 Å². The average molecular weight is 415 g/mol. The van der Waals surface area contributed by atoms with Crippen LogP contribution in [0.2, 0.25) is 0 Å². The molecule has 1 aromatic carbocycles. The maximum Gasteiger partial charge on any atom is 0.410 e. The maximum atomic E-state index is 12.8. The standard InChI is InChI=1S/C22H29N3O5/c1-20(2,3)30-19(28)24-12-21(13-24)14-25(15-22(21)9-10-23-17(22)26)18(27)29-11-16-7-5-4-6-8-16/h4-8H,9-15H2,1-3H3,(H,23,26)/t22-/m1/s1. The first kappa shape index (κ1) is 20.5. The van der Waals surface area contributed by atoms with Gasteiger partial charge >= 0.3 is 12.2 Å². The number of hydrogen-bond donors (Lipinski definition) is 1. The van der Waals surface area contributed by atoms with Gasteiger partial charge in [-0.25, -0.2) is 9.59 Å².